The average molecular weight is 367 g/mol. The van der Waals surface area contributed by atoms with Gasteiger partial charge in [-0.05, 0) is 30.2 Å². The molecular formula is C19H17N3OS2. The lowest BCUT2D eigenvalue weighted by atomic mass is 10.1. The van der Waals surface area contributed by atoms with Crippen molar-refractivity contribution in [3.05, 3.63) is 66.0 Å². The maximum Gasteiger partial charge on any atom is 0.167 e. The predicted octanol–water partition coefficient (Wildman–Crippen LogP) is 4.66. The van der Waals surface area contributed by atoms with E-state index < -0.39 is 0 Å². The summed E-state index contributed by atoms with van der Waals surface area (Å²) in [4.78, 5) is 3.30. The summed E-state index contributed by atoms with van der Waals surface area (Å²) in [5.74, 6) is 0.704. The van der Waals surface area contributed by atoms with Crippen LogP contribution in [0.2, 0.25) is 0 Å². The van der Waals surface area contributed by atoms with E-state index in [0.29, 0.717) is 5.75 Å². The summed E-state index contributed by atoms with van der Waals surface area (Å²) in [6.45, 7) is 0.813. The molecule has 2 aromatic heterocycles. The van der Waals surface area contributed by atoms with Crippen LogP contribution in [0.15, 0.2) is 59.3 Å². The molecule has 0 amide bonds. The van der Waals surface area contributed by atoms with Crippen molar-refractivity contribution < 1.29 is 4.52 Å². The van der Waals surface area contributed by atoms with Crippen LogP contribution < -0.4 is 5.32 Å². The van der Waals surface area contributed by atoms with Crippen molar-refractivity contribution in [3.63, 3.8) is 0 Å². The number of H-pyrrole nitrogens is 1. The van der Waals surface area contributed by atoms with E-state index in [1.54, 1.807) is 11.8 Å². The van der Waals surface area contributed by atoms with E-state index in [9.17, 15) is 0 Å². The summed E-state index contributed by atoms with van der Waals surface area (Å²) in [6.07, 6.45) is 3.00. The second-order valence-corrected chi connectivity index (χ2v) is 7.39. The van der Waals surface area contributed by atoms with Gasteiger partial charge in [0.25, 0.3) is 0 Å². The Balaban J connectivity index is 1.29. The van der Waals surface area contributed by atoms with E-state index in [-0.39, 0.29) is 0 Å². The van der Waals surface area contributed by atoms with Crippen molar-refractivity contribution in [2.45, 2.75) is 12.2 Å². The number of thiocarbonyl (C=S) groups is 1. The highest BCUT2D eigenvalue weighted by Gasteiger charge is 2.09. The number of hydrogen-bond acceptors (Lipinski definition) is 4. The maximum atomic E-state index is 5.43. The Morgan fingerprint density at radius 1 is 1.12 bits per heavy atom. The molecule has 0 aliphatic carbocycles. The highest BCUT2D eigenvalue weighted by molar-refractivity contribution is 8.22. The standard InChI is InChI=1S/C19H17N3OS2/c24-19(25-12-17-15-6-2-4-8-18(15)23-22-17)20-10-9-13-11-21-16-7-3-1-5-14(13)16/h1-8,11,21H,9-10,12H2,(H,20,24). The minimum Gasteiger partial charge on any atom is -0.371 e. The topological polar surface area (TPSA) is 53.9 Å². The number of nitrogens with one attached hydrogen (secondary N) is 2. The molecule has 2 heterocycles. The minimum absolute atomic E-state index is 0.704. The quantitative estimate of drug-likeness (QED) is 0.503. The van der Waals surface area contributed by atoms with Gasteiger partial charge in [0, 0.05) is 34.8 Å². The summed E-state index contributed by atoms with van der Waals surface area (Å²) < 4.78 is 6.11. The van der Waals surface area contributed by atoms with Gasteiger partial charge in [-0.3, -0.25) is 0 Å². The van der Waals surface area contributed by atoms with Gasteiger partial charge in [0.15, 0.2) is 5.58 Å². The largest absolute Gasteiger partial charge is 0.371 e. The normalized spacial score (nSPS) is 11.2. The third-order valence-corrected chi connectivity index (χ3v) is 5.45. The number of para-hydroxylation sites is 2. The Kier molecular flexibility index (Phi) is 4.72. The number of nitrogens with zero attached hydrogens (tertiary/aromatic N) is 1. The van der Waals surface area contributed by atoms with Crippen LogP contribution >= 0.6 is 24.0 Å². The fourth-order valence-electron chi connectivity index (χ4n) is 2.86. The van der Waals surface area contributed by atoms with Gasteiger partial charge in [0.1, 0.15) is 10.0 Å². The molecule has 6 heteroatoms. The third kappa shape index (κ3) is 3.55. The van der Waals surface area contributed by atoms with Gasteiger partial charge in [-0.2, -0.15) is 0 Å². The first-order valence-electron chi connectivity index (χ1n) is 8.10. The van der Waals surface area contributed by atoms with Crippen LogP contribution in [-0.4, -0.2) is 21.0 Å². The monoisotopic (exact) mass is 367 g/mol. The molecule has 2 aromatic carbocycles. The number of aromatic nitrogens is 2. The van der Waals surface area contributed by atoms with Crippen molar-refractivity contribution in [1.29, 1.82) is 0 Å². The molecule has 0 radical (unpaired) electrons. The van der Waals surface area contributed by atoms with Crippen LogP contribution in [0.25, 0.3) is 21.9 Å². The molecule has 4 rings (SSSR count). The van der Waals surface area contributed by atoms with E-state index in [1.165, 1.54) is 16.5 Å². The van der Waals surface area contributed by atoms with E-state index in [0.717, 1.165) is 33.9 Å². The van der Waals surface area contributed by atoms with Gasteiger partial charge in [-0.25, -0.2) is 0 Å². The summed E-state index contributed by atoms with van der Waals surface area (Å²) in [6, 6.07) is 16.2. The molecule has 25 heavy (non-hydrogen) atoms. The van der Waals surface area contributed by atoms with Crippen molar-refractivity contribution in [3.8, 4) is 0 Å². The van der Waals surface area contributed by atoms with Crippen LogP contribution in [0.1, 0.15) is 11.3 Å². The van der Waals surface area contributed by atoms with Gasteiger partial charge in [0.2, 0.25) is 0 Å². The Bertz CT molecular complexity index is 1020. The molecule has 0 aliphatic heterocycles. The third-order valence-electron chi connectivity index (χ3n) is 4.13. The first-order valence-corrected chi connectivity index (χ1v) is 9.49. The predicted molar refractivity (Wildman–Crippen MR) is 108 cm³/mol. The average Bonchev–Trinajstić information content (AvgIpc) is 3.24. The van der Waals surface area contributed by atoms with Crippen LogP contribution in [0.3, 0.4) is 0 Å². The molecule has 0 fully saturated rings. The molecular weight excluding hydrogens is 350 g/mol. The Morgan fingerprint density at radius 3 is 2.84 bits per heavy atom. The zero-order valence-electron chi connectivity index (χ0n) is 13.5. The first-order chi connectivity index (χ1) is 12.3. The number of fused-ring (bicyclic) bond motifs is 2. The Hall–Kier alpha value is -2.31. The summed E-state index contributed by atoms with van der Waals surface area (Å²) >= 11 is 7.01. The first kappa shape index (κ1) is 16.2. The molecule has 0 saturated carbocycles. The van der Waals surface area contributed by atoms with E-state index in [1.807, 2.05) is 30.3 Å². The fourth-order valence-corrected chi connectivity index (χ4v) is 3.82. The van der Waals surface area contributed by atoms with E-state index >= 15 is 0 Å². The number of rotatable bonds is 5. The van der Waals surface area contributed by atoms with Crippen molar-refractivity contribution in [2.24, 2.45) is 0 Å². The lowest BCUT2D eigenvalue weighted by Gasteiger charge is -2.06. The lowest BCUT2D eigenvalue weighted by Crippen LogP contribution is -2.21. The molecule has 4 nitrogen and oxygen atoms in total. The number of hydrogen-bond donors (Lipinski definition) is 2. The molecule has 126 valence electrons. The Labute approximate surface area is 155 Å². The van der Waals surface area contributed by atoms with Crippen molar-refractivity contribution in [2.75, 3.05) is 6.54 Å². The smallest absolute Gasteiger partial charge is 0.167 e. The highest BCUT2D eigenvalue weighted by Crippen LogP contribution is 2.22. The van der Waals surface area contributed by atoms with Crippen LogP contribution in [0.5, 0.6) is 0 Å². The van der Waals surface area contributed by atoms with Gasteiger partial charge in [0.05, 0.1) is 0 Å². The molecule has 0 spiro atoms. The number of benzene rings is 2. The number of thioether (sulfide) groups is 1. The summed E-state index contributed by atoms with van der Waals surface area (Å²) in [5.41, 5.74) is 4.23. The second kappa shape index (κ2) is 7.29. The van der Waals surface area contributed by atoms with E-state index in [2.05, 4.69) is 39.9 Å². The van der Waals surface area contributed by atoms with Crippen LogP contribution in [-0.2, 0) is 12.2 Å². The zero-order valence-corrected chi connectivity index (χ0v) is 15.1. The fraction of sp³-hybridized carbons (Fsp3) is 0.158. The Morgan fingerprint density at radius 2 is 1.92 bits per heavy atom. The summed E-state index contributed by atoms with van der Waals surface area (Å²) in [5, 5.41) is 9.78. The lowest BCUT2D eigenvalue weighted by molar-refractivity contribution is 0.449. The maximum absolute atomic E-state index is 5.43. The molecule has 0 bridgehead atoms. The number of aromatic amines is 1. The van der Waals surface area contributed by atoms with Gasteiger partial charge >= 0.3 is 0 Å². The molecule has 0 saturated heterocycles. The van der Waals surface area contributed by atoms with Gasteiger partial charge in [-0.1, -0.05) is 59.5 Å². The van der Waals surface area contributed by atoms with Gasteiger partial charge < -0.3 is 14.8 Å². The minimum atomic E-state index is 0.704. The van der Waals surface area contributed by atoms with Crippen LogP contribution in [0.4, 0.5) is 0 Å². The summed E-state index contributed by atoms with van der Waals surface area (Å²) in [7, 11) is 0. The van der Waals surface area contributed by atoms with E-state index in [4.69, 9.17) is 16.7 Å². The van der Waals surface area contributed by atoms with Gasteiger partial charge in [-0.15, -0.1) is 0 Å². The molecule has 0 atom stereocenters. The highest BCUT2D eigenvalue weighted by atomic mass is 32.2. The molecule has 2 N–H and O–H groups in total. The zero-order chi connectivity index (χ0) is 17.1. The van der Waals surface area contributed by atoms with Crippen molar-refractivity contribution in [1.82, 2.24) is 15.5 Å². The SMILES string of the molecule is S=C(NCCc1c[nH]c2ccccc12)SCc1noc2ccccc12. The molecule has 0 aliphatic rings. The molecule has 0 unspecified atom stereocenters. The molecule has 4 aromatic rings. The van der Waals surface area contributed by atoms with Crippen LogP contribution in [0, 0.1) is 0 Å². The van der Waals surface area contributed by atoms with Crippen molar-refractivity contribution >= 4 is 50.2 Å². The second-order valence-electron chi connectivity index (χ2n) is 5.74.